The highest BCUT2D eigenvalue weighted by atomic mass is 16.5. The minimum atomic E-state index is 0.946. The predicted molar refractivity (Wildman–Crippen MR) is 97.2 cm³/mol. The van der Waals surface area contributed by atoms with E-state index in [2.05, 4.69) is 72.0 Å². The molecule has 118 valence electrons. The van der Waals surface area contributed by atoms with E-state index in [0.717, 1.165) is 31.7 Å². The molecule has 1 N–H and O–H groups in total. The fourth-order valence-corrected chi connectivity index (χ4v) is 2.96. The molecule has 0 spiro atoms. The molecule has 0 atom stereocenters. The Bertz CT molecular complexity index is 752. The molecule has 0 fully saturated rings. The third-order valence-corrected chi connectivity index (χ3v) is 4.20. The number of fused-ring (bicyclic) bond motifs is 1. The number of hydrogen-bond donors (Lipinski definition) is 1. The van der Waals surface area contributed by atoms with Crippen molar-refractivity contribution < 1.29 is 4.74 Å². The van der Waals surface area contributed by atoms with Gasteiger partial charge < -0.3 is 10.1 Å². The predicted octanol–water partition coefficient (Wildman–Crippen LogP) is 4.22. The van der Waals surface area contributed by atoms with Crippen LogP contribution in [0.15, 0.2) is 66.7 Å². The van der Waals surface area contributed by atoms with E-state index in [1.165, 1.54) is 21.9 Å². The number of rotatable bonds is 7. The van der Waals surface area contributed by atoms with Gasteiger partial charge in [-0.2, -0.15) is 0 Å². The van der Waals surface area contributed by atoms with E-state index in [4.69, 9.17) is 4.74 Å². The Morgan fingerprint density at radius 2 is 1.43 bits per heavy atom. The SMILES string of the molecule is COc1ccc(CCNCCc2ccccc2)c2ccccc12. The van der Waals surface area contributed by atoms with Crippen LogP contribution in [0.2, 0.25) is 0 Å². The Morgan fingerprint density at radius 3 is 2.22 bits per heavy atom. The van der Waals surface area contributed by atoms with Gasteiger partial charge in [-0.05, 0) is 48.5 Å². The van der Waals surface area contributed by atoms with Gasteiger partial charge >= 0.3 is 0 Å². The second-order valence-corrected chi connectivity index (χ2v) is 5.71. The molecule has 0 saturated carbocycles. The minimum Gasteiger partial charge on any atom is -0.496 e. The Morgan fingerprint density at radius 1 is 0.739 bits per heavy atom. The molecular weight excluding hydrogens is 282 g/mol. The van der Waals surface area contributed by atoms with Gasteiger partial charge in [0.25, 0.3) is 0 Å². The van der Waals surface area contributed by atoms with E-state index in [9.17, 15) is 0 Å². The lowest BCUT2D eigenvalue weighted by Gasteiger charge is -2.11. The van der Waals surface area contributed by atoms with Crippen molar-refractivity contribution in [1.82, 2.24) is 5.32 Å². The molecule has 0 unspecified atom stereocenters. The van der Waals surface area contributed by atoms with Gasteiger partial charge in [0.2, 0.25) is 0 Å². The van der Waals surface area contributed by atoms with E-state index in [0.29, 0.717) is 0 Å². The maximum atomic E-state index is 5.46. The lowest BCUT2D eigenvalue weighted by molar-refractivity contribution is 0.419. The van der Waals surface area contributed by atoms with E-state index in [-0.39, 0.29) is 0 Å². The number of nitrogens with one attached hydrogen (secondary N) is 1. The Hall–Kier alpha value is -2.32. The number of ether oxygens (including phenoxy) is 1. The summed E-state index contributed by atoms with van der Waals surface area (Å²) in [7, 11) is 1.73. The molecule has 3 aromatic carbocycles. The van der Waals surface area contributed by atoms with Crippen LogP contribution in [0.25, 0.3) is 10.8 Å². The molecule has 2 nitrogen and oxygen atoms in total. The van der Waals surface area contributed by atoms with Crippen molar-refractivity contribution in [1.29, 1.82) is 0 Å². The summed E-state index contributed by atoms with van der Waals surface area (Å²) in [6, 6.07) is 23.3. The quantitative estimate of drug-likeness (QED) is 0.660. The second kappa shape index (κ2) is 7.80. The topological polar surface area (TPSA) is 21.3 Å². The second-order valence-electron chi connectivity index (χ2n) is 5.71. The summed E-state index contributed by atoms with van der Waals surface area (Å²) in [4.78, 5) is 0. The van der Waals surface area contributed by atoms with Crippen molar-refractivity contribution in [2.45, 2.75) is 12.8 Å². The van der Waals surface area contributed by atoms with Gasteiger partial charge in [0, 0.05) is 5.39 Å². The molecule has 0 bridgehead atoms. The van der Waals surface area contributed by atoms with Crippen molar-refractivity contribution in [2.24, 2.45) is 0 Å². The first-order valence-corrected chi connectivity index (χ1v) is 8.18. The van der Waals surface area contributed by atoms with Crippen molar-refractivity contribution in [3.05, 3.63) is 77.9 Å². The van der Waals surface area contributed by atoms with Gasteiger partial charge in [-0.15, -0.1) is 0 Å². The number of hydrogen-bond acceptors (Lipinski definition) is 2. The van der Waals surface area contributed by atoms with E-state index >= 15 is 0 Å². The molecule has 3 rings (SSSR count). The van der Waals surface area contributed by atoms with Gasteiger partial charge in [0.15, 0.2) is 0 Å². The fourth-order valence-electron chi connectivity index (χ4n) is 2.96. The van der Waals surface area contributed by atoms with Crippen molar-refractivity contribution in [3.8, 4) is 5.75 Å². The lowest BCUT2D eigenvalue weighted by atomic mass is 10.0. The average molecular weight is 305 g/mol. The first kappa shape index (κ1) is 15.6. The monoisotopic (exact) mass is 305 g/mol. The summed E-state index contributed by atoms with van der Waals surface area (Å²) < 4.78 is 5.46. The molecule has 0 aliphatic heterocycles. The smallest absolute Gasteiger partial charge is 0.126 e. The summed E-state index contributed by atoms with van der Waals surface area (Å²) in [6.07, 6.45) is 2.10. The first-order chi connectivity index (χ1) is 11.4. The summed E-state index contributed by atoms with van der Waals surface area (Å²) in [5.41, 5.74) is 2.75. The van der Waals surface area contributed by atoms with Crippen LogP contribution in [-0.4, -0.2) is 20.2 Å². The molecule has 0 aliphatic rings. The standard InChI is InChI=1S/C21H23NO/c1-23-21-12-11-18(19-9-5-6-10-20(19)21)14-16-22-15-13-17-7-3-2-4-8-17/h2-12,22H,13-16H2,1H3. The maximum Gasteiger partial charge on any atom is 0.126 e. The van der Waals surface area contributed by atoms with Gasteiger partial charge in [0.05, 0.1) is 7.11 Å². The minimum absolute atomic E-state index is 0.946. The Kier molecular flexibility index (Phi) is 5.28. The maximum absolute atomic E-state index is 5.46. The van der Waals surface area contributed by atoms with E-state index in [1.54, 1.807) is 7.11 Å². The zero-order valence-electron chi connectivity index (χ0n) is 13.6. The molecule has 0 radical (unpaired) electrons. The molecule has 0 saturated heterocycles. The number of benzene rings is 3. The van der Waals surface area contributed by atoms with Gasteiger partial charge in [0.1, 0.15) is 5.75 Å². The zero-order chi connectivity index (χ0) is 15.9. The normalized spacial score (nSPS) is 10.8. The van der Waals surface area contributed by atoms with Gasteiger partial charge in [-0.1, -0.05) is 60.7 Å². The third kappa shape index (κ3) is 3.91. The van der Waals surface area contributed by atoms with Gasteiger partial charge in [-0.25, -0.2) is 0 Å². The van der Waals surface area contributed by atoms with Crippen LogP contribution in [0.4, 0.5) is 0 Å². The Balaban J connectivity index is 1.57. The average Bonchev–Trinajstić information content (AvgIpc) is 2.62. The van der Waals surface area contributed by atoms with Crippen LogP contribution in [0.3, 0.4) is 0 Å². The molecule has 0 aromatic heterocycles. The molecule has 0 amide bonds. The summed E-state index contributed by atoms with van der Waals surface area (Å²) >= 11 is 0. The van der Waals surface area contributed by atoms with Crippen molar-refractivity contribution in [2.75, 3.05) is 20.2 Å². The van der Waals surface area contributed by atoms with Crippen LogP contribution in [-0.2, 0) is 12.8 Å². The lowest BCUT2D eigenvalue weighted by Crippen LogP contribution is -2.20. The van der Waals surface area contributed by atoms with Gasteiger partial charge in [-0.3, -0.25) is 0 Å². The highest BCUT2D eigenvalue weighted by Gasteiger charge is 2.05. The summed E-state index contributed by atoms with van der Waals surface area (Å²) in [5, 5.41) is 6.02. The fraction of sp³-hybridized carbons (Fsp3) is 0.238. The first-order valence-electron chi connectivity index (χ1n) is 8.18. The largest absolute Gasteiger partial charge is 0.496 e. The van der Waals surface area contributed by atoms with Crippen LogP contribution in [0.1, 0.15) is 11.1 Å². The van der Waals surface area contributed by atoms with Crippen LogP contribution in [0, 0.1) is 0 Å². The third-order valence-electron chi connectivity index (χ3n) is 4.20. The highest BCUT2D eigenvalue weighted by molar-refractivity contribution is 5.91. The van der Waals surface area contributed by atoms with Crippen LogP contribution in [0.5, 0.6) is 5.75 Å². The van der Waals surface area contributed by atoms with Crippen LogP contribution >= 0.6 is 0 Å². The molecule has 2 heteroatoms. The van der Waals surface area contributed by atoms with E-state index < -0.39 is 0 Å². The van der Waals surface area contributed by atoms with E-state index in [1.807, 2.05) is 0 Å². The van der Waals surface area contributed by atoms with Crippen molar-refractivity contribution in [3.63, 3.8) is 0 Å². The molecule has 3 aromatic rings. The summed E-state index contributed by atoms with van der Waals surface area (Å²) in [6.45, 7) is 2.00. The highest BCUT2D eigenvalue weighted by Crippen LogP contribution is 2.28. The number of methoxy groups -OCH3 is 1. The Labute approximate surface area is 138 Å². The molecule has 0 heterocycles. The molecule has 0 aliphatic carbocycles. The summed E-state index contributed by atoms with van der Waals surface area (Å²) in [5.74, 6) is 0.946. The van der Waals surface area contributed by atoms with Crippen molar-refractivity contribution >= 4 is 10.8 Å². The zero-order valence-corrected chi connectivity index (χ0v) is 13.6. The molecular formula is C21H23NO. The molecule has 23 heavy (non-hydrogen) atoms. The van der Waals surface area contributed by atoms with Crippen LogP contribution < -0.4 is 10.1 Å².